The largest absolute Gasteiger partial charge is 0.396 e. The van der Waals surface area contributed by atoms with E-state index in [0.717, 1.165) is 17.5 Å². The van der Waals surface area contributed by atoms with Crippen LogP contribution in [-0.2, 0) is 9.59 Å². The third-order valence-electron chi connectivity index (χ3n) is 4.13. The van der Waals surface area contributed by atoms with E-state index in [1.165, 1.54) is 6.92 Å². The van der Waals surface area contributed by atoms with Gasteiger partial charge < -0.3 is 15.3 Å². The van der Waals surface area contributed by atoms with Gasteiger partial charge in [-0.15, -0.1) is 0 Å². The molecule has 2 rings (SSSR count). The van der Waals surface area contributed by atoms with E-state index < -0.39 is 0 Å². The summed E-state index contributed by atoms with van der Waals surface area (Å²) in [6, 6.07) is 7.55. The van der Waals surface area contributed by atoms with Crippen molar-refractivity contribution >= 4 is 11.8 Å². The van der Waals surface area contributed by atoms with Crippen molar-refractivity contribution in [3.63, 3.8) is 0 Å². The molecular weight excluding hydrogens is 280 g/mol. The highest BCUT2D eigenvalue weighted by atomic mass is 16.3. The molecule has 0 saturated carbocycles. The number of carbonyl (C=O) groups excluding carboxylic acids is 2. The van der Waals surface area contributed by atoms with Gasteiger partial charge in [0.15, 0.2) is 0 Å². The fourth-order valence-corrected chi connectivity index (χ4v) is 2.81. The molecule has 5 heteroatoms. The molecule has 22 heavy (non-hydrogen) atoms. The SMILES string of the molecule is CC(=O)NC(CC(=O)N1CCC(CO)C1)c1ccc(C)cc1. The monoisotopic (exact) mass is 304 g/mol. The predicted molar refractivity (Wildman–Crippen MR) is 84.1 cm³/mol. The molecule has 120 valence electrons. The Hall–Kier alpha value is -1.88. The van der Waals surface area contributed by atoms with Crippen LogP contribution in [0.2, 0.25) is 0 Å². The maximum absolute atomic E-state index is 12.4. The van der Waals surface area contributed by atoms with Crippen LogP contribution in [0.3, 0.4) is 0 Å². The van der Waals surface area contributed by atoms with E-state index in [1.807, 2.05) is 31.2 Å². The average Bonchev–Trinajstić information content (AvgIpc) is 2.96. The van der Waals surface area contributed by atoms with Crippen LogP contribution in [0.4, 0.5) is 0 Å². The lowest BCUT2D eigenvalue weighted by Crippen LogP contribution is -2.35. The summed E-state index contributed by atoms with van der Waals surface area (Å²) < 4.78 is 0. The topological polar surface area (TPSA) is 69.6 Å². The third-order valence-corrected chi connectivity index (χ3v) is 4.13. The number of hydrogen-bond acceptors (Lipinski definition) is 3. The lowest BCUT2D eigenvalue weighted by Gasteiger charge is -2.22. The van der Waals surface area contributed by atoms with Gasteiger partial charge in [-0.05, 0) is 18.9 Å². The van der Waals surface area contributed by atoms with Crippen LogP contribution in [0.5, 0.6) is 0 Å². The molecule has 2 N–H and O–H groups in total. The van der Waals surface area contributed by atoms with Gasteiger partial charge in [0.25, 0.3) is 0 Å². The molecule has 1 aliphatic heterocycles. The third kappa shape index (κ3) is 4.31. The number of carbonyl (C=O) groups is 2. The number of nitrogens with zero attached hydrogens (tertiary/aromatic N) is 1. The zero-order valence-electron chi connectivity index (χ0n) is 13.2. The minimum Gasteiger partial charge on any atom is -0.396 e. The molecule has 1 saturated heterocycles. The van der Waals surface area contributed by atoms with Gasteiger partial charge in [-0.3, -0.25) is 9.59 Å². The molecule has 1 aliphatic rings. The molecule has 0 aliphatic carbocycles. The first-order valence-electron chi connectivity index (χ1n) is 7.72. The van der Waals surface area contributed by atoms with Crippen LogP contribution in [0, 0.1) is 12.8 Å². The summed E-state index contributed by atoms with van der Waals surface area (Å²) in [6.07, 6.45) is 1.10. The van der Waals surface area contributed by atoms with Gasteiger partial charge in [-0.1, -0.05) is 29.8 Å². The fourth-order valence-electron chi connectivity index (χ4n) is 2.81. The number of nitrogens with one attached hydrogen (secondary N) is 1. The minimum absolute atomic E-state index is 0.0234. The van der Waals surface area contributed by atoms with Gasteiger partial charge >= 0.3 is 0 Å². The van der Waals surface area contributed by atoms with Crippen molar-refractivity contribution in [2.75, 3.05) is 19.7 Å². The zero-order valence-corrected chi connectivity index (χ0v) is 13.2. The lowest BCUT2D eigenvalue weighted by molar-refractivity contribution is -0.131. The van der Waals surface area contributed by atoms with Gasteiger partial charge in [0, 0.05) is 32.5 Å². The lowest BCUT2D eigenvalue weighted by atomic mass is 10.0. The summed E-state index contributed by atoms with van der Waals surface area (Å²) >= 11 is 0. The number of aliphatic hydroxyl groups excluding tert-OH is 1. The van der Waals surface area contributed by atoms with E-state index in [4.69, 9.17) is 0 Å². The van der Waals surface area contributed by atoms with Crippen LogP contribution in [0.15, 0.2) is 24.3 Å². The smallest absolute Gasteiger partial charge is 0.224 e. The number of aryl methyl sites for hydroxylation is 1. The summed E-state index contributed by atoms with van der Waals surface area (Å²) in [5, 5.41) is 12.0. The molecule has 0 bridgehead atoms. The minimum atomic E-state index is -0.307. The van der Waals surface area contributed by atoms with E-state index in [0.29, 0.717) is 13.1 Å². The van der Waals surface area contributed by atoms with E-state index in [9.17, 15) is 14.7 Å². The highest BCUT2D eigenvalue weighted by molar-refractivity contribution is 5.79. The Labute approximate surface area is 131 Å². The Bertz CT molecular complexity index is 527. The molecule has 2 unspecified atom stereocenters. The molecule has 1 heterocycles. The highest BCUT2D eigenvalue weighted by Crippen LogP contribution is 2.22. The second-order valence-corrected chi connectivity index (χ2v) is 6.04. The molecule has 2 amide bonds. The van der Waals surface area contributed by atoms with Crippen molar-refractivity contribution in [1.82, 2.24) is 10.2 Å². The van der Waals surface area contributed by atoms with Crippen LogP contribution in [0.1, 0.15) is 36.9 Å². The maximum Gasteiger partial charge on any atom is 0.224 e. The number of amides is 2. The highest BCUT2D eigenvalue weighted by Gasteiger charge is 2.27. The molecule has 1 aromatic rings. The Kier molecular flexibility index (Phi) is 5.55. The van der Waals surface area contributed by atoms with Crippen LogP contribution in [-0.4, -0.2) is 41.5 Å². The number of hydrogen-bond donors (Lipinski definition) is 2. The first kappa shape index (κ1) is 16.5. The molecule has 2 atom stereocenters. The van der Waals surface area contributed by atoms with Crippen molar-refractivity contribution in [2.45, 2.75) is 32.7 Å². The number of benzene rings is 1. The van der Waals surface area contributed by atoms with Crippen molar-refractivity contribution in [1.29, 1.82) is 0 Å². The van der Waals surface area contributed by atoms with Crippen molar-refractivity contribution < 1.29 is 14.7 Å². The van der Waals surface area contributed by atoms with Gasteiger partial charge in [0.2, 0.25) is 11.8 Å². The van der Waals surface area contributed by atoms with E-state index in [2.05, 4.69) is 5.32 Å². The van der Waals surface area contributed by atoms with E-state index in [-0.39, 0.29) is 36.8 Å². The van der Waals surface area contributed by atoms with E-state index >= 15 is 0 Å². The average molecular weight is 304 g/mol. The molecule has 1 aromatic carbocycles. The van der Waals surface area contributed by atoms with Crippen molar-refractivity contribution in [3.8, 4) is 0 Å². The standard InChI is InChI=1S/C17H24N2O3/c1-12-3-5-15(6-4-12)16(18-13(2)21)9-17(22)19-8-7-14(10-19)11-20/h3-6,14,16,20H,7-11H2,1-2H3,(H,18,21). The molecule has 0 radical (unpaired) electrons. The molecule has 0 aromatic heterocycles. The molecule has 1 fully saturated rings. The van der Waals surface area contributed by atoms with Crippen LogP contribution in [0.25, 0.3) is 0 Å². The summed E-state index contributed by atoms with van der Waals surface area (Å²) in [4.78, 5) is 25.6. The molecular formula is C17H24N2O3. The Balaban J connectivity index is 2.05. The van der Waals surface area contributed by atoms with Gasteiger partial charge in [0.05, 0.1) is 12.5 Å². The normalized spacial score (nSPS) is 19.0. The zero-order chi connectivity index (χ0) is 16.1. The van der Waals surface area contributed by atoms with Gasteiger partial charge in [0.1, 0.15) is 0 Å². The maximum atomic E-state index is 12.4. The second-order valence-electron chi connectivity index (χ2n) is 6.04. The van der Waals surface area contributed by atoms with E-state index in [1.54, 1.807) is 4.90 Å². The number of likely N-dealkylation sites (tertiary alicyclic amines) is 1. The van der Waals surface area contributed by atoms with Crippen LogP contribution >= 0.6 is 0 Å². The molecule has 5 nitrogen and oxygen atoms in total. The quantitative estimate of drug-likeness (QED) is 0.864. The van der Waals surface area contributed by atoms with Crippen LogP contribution < -0.4 is 5.32 Å². The summed E-state index contributed by atoms with van der Waals surface area (Å²) in [7, 11) is 0. The van der Waals surface area contributed by atoms with Gasteiger partial charge in [-0.25, -0.2) is 0 Å². The first-order valence-corrected chi connectivity index (χ1v) is 7.72. The Morgan fingerprint density at radius 1 is 1.36 bits per heavy atom. The Morgan fingerprint density at radius 3 is 2.59 bits per heavy atom. The van der Waals surface area contributed by atoms with Crippen molar-refractivity contribution in [2.24, 2.45) is 5.92 Å². The summed E-state index contributed by atoms with van der Waals surface area (Å²) in [5.41, 5.74) is 2.08. The van der Waals surface area contributed by atoms with Gasteiger partial charge in [-0.2, -0.15) is 0 Å². The fraction of sp³-hybridized carbons (Fsp3) is 0.529. The Morgan fingerprint density at radius 2 is 2.05 bits per heavy atom. The predicted octanol–water partition coefficient (Wildman–Crippen LogP) is 1.40. The summed E-state index contributed by atoms with van der Waals surface area (Å²) in [5.74, 6) is 0.0610. The second kappa shape index (κ2) is 7.40. The molecule has 0 spiro atoms. The van der Waals surface area contributed by atoms with Crippen molar-refractivity contribution in [3.05, 3.63) is 35.4 Å². The number of aliphatic hydroxyl groups is 1. The number of rotatable bonds is 5. The first-order chi connectivity index (χ1) is 10.5. The summed E-state index contributed by atoms with van der Waals surface area (Å²) in [6.45, 7) is 4.88.